The highest BCUT2D eigenvalue weighted by Gasteiger charge is 2.38. The number of halogens is 4. The normalized spacial score (nSPS) is 13.2. The lowest BCUT2D eigenvalue weighted by molar-refractivity contribution is -0.201. The van der Waals surface area contributed by atoms with E-state index in [0.717, 1.165) is 12.1 Å². The maximum atomic E-state index is 12.6. The van der Waals surface area contributed by atoms with Gasteiger partial charge in [0.15, 0.2) is 6.10 Å². The average Bonchev–Trinajstić information content (AvgIpc) is 2.28. The van der Waals surface area contributed by atoms with Crippen LogP contribution in [0.15, 0.2) is 24.3 Å². The molecule has 2 N–H and O–H groups in total. The van der Waals surface area contributed by atoms with Gasteiger partial charge in [0.25, 0.3) is 0 Å². The molecule has 1 rings (SSSR count). The number of carbonyl (C=O) groups excluding carboxylic acids is 1. The highest BCUT2D eigenvalue weighted by atomic mass is 19.4. The molecule has 100 valence electrons. The number of hydrogen-bond donors (Lipinski definition) is 2. The maximum absolute atomic E-state index is 12.6. The number of nitrogens with one attached hydrogen (secondary N) is 1. The highest BCUT2D eigenvalue weighted by Crippen LogP contribution is 2.19. The molecule has 0 radical (unpaired) electrons. The third-order valence-corrected chi connectivity index (χ3v) is 2.15. The molecule has 18 heavy (non-hydrogen) atoms. The summed E-state index contributed by atoms with van der Waals surface area (Å²) in [5.41, 5.74) is 0.468. The summed E-state index contributed by atoms with van der Waals surface area (Å²) in [4.78, 5) is 11.2. The Balaban J connectivity index is 2.41. The molecule has 1 aromatic rings. The molecule has 7 heteroatoms. The summed E-state index contributed by atoms with van der Waals surface area (Å²) in [6.07, 6.45) is -7.52. The van der Waals surface area contributed by atoms with E-state index < -0.39 is 30.5 Å². The van der Waals surface area contributed by atoms with Gasteiger partial charge >= 0.3 is 6.18 Å². The standard InChI is InChI=1S/C11H11F4NO2/c12-8-3-1-7(2-4-8)5-10(18)16-6-9(17)11(13,14)15/h1-4,9,17H,5-6H2,(H,16,18). The highest BCUT2D eigenvalue weighted by molar-refractivity contribution is 5.78. The van der Waals surface area contributed by atoms with Crippen molar-refractivity contribution < 1.29 is 27.5 Å². The molecule has 0 saturated heterocycles. The summed E-state index contributed by atoms with van der Waals surface area (Å²) in [6.45, 7) is -0.899. The quantitative estimate of drug-likeness (QED) is 0.809. The van der Waals surface area contributed by atoms with E-state index >= 15 is 0 Å². The first-order chi connectivity index (χ1) is 8.29. The van der Waals surface area contributed by atoms with Gasteiger partial charge in [-0.25, -0.2) is 4.39 Å². The zero-order chi connectivity index (χ0) is 13.8. The van der Waals surface area contributed by atoms with Crippen molar-refractivity contribution in [3.05, 3.63) is 35.6 Å². The van der Waals surface area contributed by atoms with E-state index in [-0.39, 0.29) is 6.42 Å². The number of carbonyl (C=O) groups is 1. The van der Waals surface area contributed by atoms with Crippen molar-refractivity contribution in [2.45, 2.75) is 18.7 Å². The van der Waals surface area contributed by atoms with Crippen molar-refractivity contribution in [3.8, 4) is 0 Å². The molecule has 0 spiro atoms. The summed E-state index contributed by atoms with van der Waals surface area (Å²) in [5, 5.41) is 10.6. The van der Waals surface area contributed by atoms with Crippen LogP contribution in [0.3, 0.4) is 0 Å². The van der Waals surface area contributed by atoms with Gasteiger partial charge in [-0.1, -0.05) is 12.1 Å². The van der Waals surface area contributed by atoms with Crippen LogP contribution in [0.2, 0.25) is 0 Å². The first-order valence-corrected chi connectivity index (χ1v) is 5.05. The number of amides is 1. The van der Waals surface area contributed by atoms with Crippen LogP contribution in [0.1, 0.15) is 5.56 Å². The van der Waals surface area contributed by atoms with Gasteiger partial charge in [0.1, 0.15) is 5.82 Å². The Morgan fingerprint density at radius 1 is 1.28 bits per heavy atom. The molecule has 1 unspecified atom stereocenters. The Bertz CT molecular complexity index is 402. The van der Waals surface area contributed by atoms with Crippen LogP contribution in [-0.4, -0.2) is 29.8 Å². The van der Waals surface area contributed by atoms with Gasteiger partial charge in [0.2, 0.25) is 5.91 Å². The van der Waals surface area contributed by atoms with Crippen molar-refractivity contribution in [3.63, 3.8) is 0 Å². The van der Waals surface area contributed by atoms with Gasteiger partial charge in [-0.05, 0) is 17.7 Å². The largest absolute Gasteiger partial charge is 0.416 e. The topological polar surface area (TPSA) is 49.3 Å². The lowest BCUT2D eigenvalue weighted by Gasteiger charge is -2.14. The summed E-state index contributed by atoms with van der Waals surface area (Å²) in [5.74, 6) is -1.14. The number of hydrogen-bond acceptors (Lipinski definition) is 2. The van der Waals surface area contributed by atoms with Crippen molar-refractivity contribution in [1.82, 2.24) is 5.32 Å². The van der Waals surface area contributed by atoms with Crippen LogP contribution in [0, 0.1) is 5.82 Å². The van der Waals surface area contributed by atoms with Crippen LogP contribution in [-0.2, 0) is 11.2 Å². The van der Waals surface area contributed by atoms with E-state index in [1.807, 2.05) is 5.32 Å². The number of rotatable bonds is 4. The maximum Gasteiger partial charge on any atom is 0.416 e. The first kappa shape index (κ1) is 14.4. The third kappa shape index (κ3) is 4.70. The van der Waals surface area contributed by atoms with Crippen LogP contribution < -0.4 is 5.32 Å². The Hall–Kier alpha value is -1.63. The van der Waals surface area contributed by atoms with Crippen LogP contribution in [0.5, 0.6) is 0 Å². The zero-order valence-electron chi connectivity index (χ0n) is 9.17. The van der Waals surface area contributed by atoms with E-state index in [1.54, 1.807) is 0 Å². The molecule has 0 bridgehead atoms. The molecule has 0 saturated carbocycles. The molecule has 0 aliphatic carbocycles. The van der Waals surface area contributed by atoms with E-state index in [2.05, 4.69) is 0 Å². The van der Waals surface area contributed by atoms with Crippen molar-refractivity contribution in [2.75, 3.05) is 6.54 Å². The Kier molecular flexibility index (Phi) is 4.66. The summed E-state index contributed by atoms with van der Waals surface area (Å²) in [7, 11) is 0. The van der Waals surface area contributed by atoms with Gasteiger partial charge in [-0.3, -0.25) is 4.79 Å². The molecular formula is C11H11F4NO2. The molecule has 0 fully saturated rings. The minimum atomic E-state index is -4.76. The molecular weight excluding hydrogens is 254 g/mol. The Morgan fingerprint density at radius 3 is 2.33 bits per heavy atom. The molecule has 0 heterocycles. The Labute approximate surface area is 100 Å². The predicted molar refractivity (Wildman–Crippen MR) is 55.2 cm³/mol. The SMILES string of the molecule is O=C(Cc1ccc(F)cc1)NCC(O)C(F)(F)F. The van der Waals surface area contributed by atoms with Crippen LogP contribution in [0.25, 0.3) is 0 Å². The van der Waals surface area contributed by atoms with Crippen LogP contribution >= 0.6 is 0 Å². The fourth-order valence-electron chi connectivity index (χ4n) is 1.18. The number of aliphatic hydroxyl groups is 1. The van der Waals surface area contributed by atoms with E-state index in [4.69, 9.17) is 5.11 Å². The summed E-state index contributed by atoms with van der Waals surface area (Å²) >= 11 is 0. The molecule has 3 nitrogen and oxygen atoms in total. The van der Waals surface area contributed by atoms with Gasteiger partial charge in [0, 0.05) is 0 Å². The van der Waals surface area contributed by atoms with Gasteiger partial charge < -0.3 is 10.4 Å². The first-order valence-electron chi connectivity index (χ1n) is 5.05. The molecule has 1 amide bonds. The Morgan fingerprint density at radius 2 is 1.83 bits per heavy atom. The fourth-order valence-corrected chi connectivity index (χ4v) is 1.18. The number of aliphatic hydroxyl groups excluding tert-OH is 1. The lowest BCUT2D eigenvalue weighted by Crippen LogP contribution is -2.41. The van der Waals surface area contributed by atoms with Gasteiger partial charge in [0.05, 0.1) is 13.0 Å². The molecule has 0 aromatic heterocycles. The summed E-state index contributed by atoms with van der Waals surface area (Å²) in [6, 6.07) is 5.00. The van der Waals surface area contributed by atoms with Crippen molar-refractivity contribution in [1.29, 1.82) is 0 Å². The number of benzene rings is 1. The summed E-state index contributed by atoms with van der Waals surface area (Å²) < 4.78 is 48.3. The molecule has 1 atom stereocenters. The number of alkyl halides is 3. The minimum absolute atomic E-state index is 0.176. The third-order valence-electron chi connectivity index (χ3n) is 2.15. The molecule has 0 aliphatic rings. The lowest BCUT2D eigenvalue weighted by atomic mass is 10.1. The van der Waals surface area contributed by atoms with Crippen molar-refractivity contribution in [2.24, 2.45) is 0 Å². The fraction of sp³-hybridized carbons (Fsp3) is 0.364. The molecule has 1 aromatic carbocycles. The van der Waals surface area contributed by atoms with Gasteiger partial charge in [-0.15, -0.1) is 0 Å². The molecule has 0 aliphatic heterocycles. The van der Waals surface area contributed by atoms with E-state index in [9.17, 15) is 22.4 Å². The predicted octanol–water partition coefficient (Wildman–Crippen LogP) is 1.41. The van der Waals surface area contributed by atoms with E-state index in [1.165, 1.54) is 12.1 Å². The van der Waals surface area contributed by atoms with Crippen LogP contribution in [0.4, 0.5) is 17.6 Å². The monoisotopic (exact) mass is 265 g/mol. The van der Waals surface area contributed by atoms with E-state index in [0.29, 0.717) is 5.56 Å². The zero-order valence-corrected chi connectivity index (χ0v) is 9.17. The smallest absolute Gasteiger partial charge is 0.382 e. The van der Waals surface area contributed by atoms with Crippen molar-refractivity contribution >= 4 is 5.91 Å². The average molecular weight is 265 g/mol. The van der Waals surface area contributed by atoms with Gasteiger partial charge in [-0.2, -0.15) is 13.2 Å². The second-order valence-corrected chi connectivity index (χ2v) is 3.66. The minimum Gasteiger partial charge on any atom is -0.382 e. The second-order valence-electron chi connectivity index (χ2n) is 3.66. The second kappa shape index (κ2) is 5.81.